The molecule has 9 heteroatoms. The first-order valence-corrected chi connectivity index (χ1v) is 9.54. The number of esters is 2. The standard InChI is InChI=1S/C18H19Cl3O6/c1-8(2)5-10(9-3-4-9)7-26-17(24)13-14(21)11(19)6-12(20)15(13)27-18(25)16(22)23/h6,8-10H,3-5,7H2,1-2H3,(H,22,23). The summed E-state index contributed by atoms with van der Waals surface area (Å²) in [5, 5.41) is 8.21. The zero-order valence-corrected chi connectivity index (χ0v) is 17.0. The van der Waals surface area contributed by atoms with Crippen LogP contribution in [0.3, 0.4) is 0 Å². The van der Waals surface area contributed by atoms with Crippen molar-refractivity contribution in [3.63, 3.8) is 0 Å². The number of carboxylic acids is 1. The summed E-state index contributed by atoms with van der Waals surface area (Å²) in [6.45, 7) is 4.36. The Hall–Kier alpha value is -1.50. The zero-order chi connectivity index (χ0) is 20.3. The molecule has 1 fully saturated rings. The van der Waals surface area contributed by atoms with Gasteiger partial charge in [-0.15, -0.1) is 0 Å². The summed E-state index contributed by atoms with van der Waals surface area (Å²) < 4.78 is 10.1. The molecule has 1 aromatic rings. The van der Waals surface area contributed by atoms with Crippen LogP contribution in [-0.2, 0) is 14.3 Å². The zero-order valence-electron chi connectivity index (χ0n) is 14.8. The van der Waals surface area contributed by atoms with Gasteiger partial charge in [0.25, 0.3) is 0 Å². The minimum atomic E-state index is -1.85. The van der Waals surface area contributed by atoms with Crippen molar-refractivity contribution in [2.45, 2.75) is 33.1 Å². The van der Waals surface area contributed by atoms with Crippen molar-refractivity contribution in [3.05, 3.63) is 26.7 Å². The van der Waals surface area contributed by atoms with Gasteiger partial charge in [0, 0.05) is 0 Å². The molecule has 1 aliphatic rings. The van der Waals surface area contributed by atoms with Gasteiger partial charge in [0.15, 0.2) is 5.75 Å². The Morgan fingerprint density at radius 1 is 1.19 bits per heavy atom. The van der Waals surface area contributed by atoms with Crippen LogP contribution in [0.15, 0.2) is 6.07 Å². The van der Waals surface area contributed by atoms with Gasteiger partial charge in [-0.05, 0) is 43.1 Å². The number of hydrogen-bond donors (Lipinski definition) is 1. The van der Waals surface area contributed by atoms with Crippen LogP contribution in [0.25, 0.3) is 0 Å². The molecule has 0 amide bonds. The highest BCUT2D eigenvalue weighted by Crippen LogP contribution is 2.42. The molecule has 2 rings (SSSR count). The van der Waals surface area contributed by atoms with Crippen molar-refractivity contribution >= 4 is 52.7 Å². The lowest BCUT2D eigenvalue weighted by molar-refractivity contribution is -0.158. The molecule has 6 nitrogen and oxygen atoms in total. The van der Waals surface area contributed by atoms with E-state index in [0.29, 0.717) is 11.8 Å². The molecule has 0 heterocycles. The first-order valence-electron chi connectivity index (χ1n) is 8.41. The molecule has 1 saturated carbocycles. The molecule has 0 saturated heterocycles. The van der Waals surface area contributed by atoms with E-state index in [1.807, 2.05) is 0 Å². The van der Waals surface area contributed by atoms with E-state index < -0.39 is 23.7 Å². The van der Waals surface area contributed by atoms with Crippen molar-refractivity contribution in [1.29, 1.82) is 0 Å². The van der Waals surface area contributed by atoms with E-state index in [-0.39, 0.29) is 33.2 Å². The summed E-state index contributed by atoms with van der Waals surface area (Å²) in [5.74, 6) is -3.65. The number of carbonyl (C=O) groups excluding carboxylic acids is 2. The maximum atomic E-state index is 12.6. The number of ether oxygens (including phenoxy) is 2. The smallest absolute Gasteiger partial charge is 0.422 e. The van der Waals surface area contributed by atoms with E-state index in [4.69, 9.17) is 49.4 Å². The summed E-state index contributed by atoms with van der Waals surface area (Å²) >= 11 is 18.0. The van der Waals surface area contributed by atoms with Crippen molar-refractivity contribution in [1.82, 2.24) is 0 Å². The number of hydrogen-bond acceptors (Lipinski definition) is 5. The molecule has 1 atom stereocenters. The molecule has 0 bridgehead atoms. The van der Waals surface area contributed by atoms with Gasteiger partial charge in [-0.1, -0.05) is 48.7 Å². The van der Waals surface area contributed by atoms with Crippen LogP contribution in [0.1, 0.15) is 43.5 Å². The van der Waals surface area contributed by atoms with E-state index in [9.17, 15) is 14.4 Å². The molecule has 0 aromatic heterocycles. The number of carbonyl (C=O) groups is 3. The monoisotopic (exact) mass is 436 g/mol. The maximum Gasteiger partial charge on any atom is 0.422 e. The largest absolute Gasteiger partial charge is 0.473 e. The second kappa shape index (κ2) is 9.13. The topological polar surface area (TPSA) is 89.9 Å². The van der Waals surface area contributed by atoms with Gasteiger partial charge in [0.05, 0.1) is 21.7 Å². The Kier molecular flexibility index (Phi) is 7.37. The number of aliphatic carboxylic acids is 1. The highest BCUT2D eigenvalue weighted by molar-refractivity contribution is 6.46. The van der Waals surface area contributed by atoms with Crippen molar-refractivity contribution in [2.75, 3.05) is 6.61 Å². The predicted octanol–water partition coefficient (Wildman–Crippen LogP) is 4.87. The molecule has 148 valence electrons. The average Bonchev–Trinajstić information content (AvgIpc) is 3.40. The Labute approximate surface area is 171 Å². The average molecular weight is 438 g/mol. The number of benzene rings is 1. The lowest BCUT2D eigenvalue weighted by Crippen LogP contribution is -2.22. The van der Waals surface area contributed by atoms with E-state index in [1.54, 1.807) is 0 Å². The van der Waals surface area contributed by atoms with Gasteiger partial charge in [0.2, 0.25) is 0 Å². The van der Waals surface area contributed by atoms with Crippen LogP contribution in [0.2, 0.25) is 15.1 Å². The van der Waals surface area contributed by atoms with Crippen LogP contribution in [0, 0.1) is 17.8 Å². The SMILES string of the molecule is CC(C)CC(COC(=O)c1c(Cl)c(Cl)cc(Cl)c1OC(=O)C(=O)O)C1CC1. The highest BCUT2D eigenvalue weighted by atomic mass is 35.5. The molecule has 0 aliphatic heterocycles. The normalized spacial score (nSPS) is 14.7. The number of halogens is 3. The maximum absolute atomic E-state index is 12.6. The third-order valence-electron chi connectivity index (χ3n) is 4.19. The van der Waals surface area contributed by atoms with Crippen LogP contribution in [0.4, 0.5) is 0 Å². The van der Waals surface area contributed by atoms with E-state index in [0.717, 1.165) is 25.3 Å². The lowest BCUT2D eigenvalue weighted by Gasteiger charge is -2.19. The summed E-state index contributed by atoms with van der Waals surface area (Å²) in [5.41, 5.74) is -0.372. The molecule has 1 N–H and O–H groups in total. The number of carboxylic acid groups (broad SMARTS) is 1. The Morgan fingerprint density at radius 3 is 2.33 bits per heavy atom. The van der Waals surface area contributed by atoms with Crippen molar-refractivity contribution in [3.8, 4) is 5.75 Å². The van der Waals surface area contributed by atoms with E-state index in [2.05, 4.69) is 13.8 Å². The first kappa shape index (κ1) is 21.8. The summed E-state index contributed by atoms with van der Waals surface area (Å²) in [6.07, 6.45) is 3.10. The second-order valence-corrected chi connectivity index (χ2v) is 8.07. The third-order valence-corrected chi connectivity index (χ3v) is 5.26. The van der Waals surface area contributed by atoms with Crippen LogP contribution >= 0.6 is 34.8 Å². The molecule has 1 unspecified atom stereocenters. The van der Waals surface area contributed by atoms with Gasteiger partial charge in [0.1, 0.15) is 5.56 Å². The molecule has 0 radical (unpaired) electrons. The van der Waals surface area contributed by atoms with Gasteiger partial charge in [-0.2, -0.15) is 0 Å². The Morgan fingerprint density at radius 2 is 1.81 bits per heavy atom. The minimum absolute atomic E-state index is 0.0512. The molecule has 0 spiro atoms. The highest BCUT2D eigenvalue weighted by Gasteiger charge is 2.34. The van der Waals surface area contributed by atoms with Crippen molar-refractivity contribution < 1.29 is 29.0 Å². The summed E-state index contributed by atoms with van der Waals surface area (Å²) in [4.78, 5) is 34.8. The molecular formula is C18H19Cl3O6. The second-order valence-electron chi connectivity index (χ2n) is 6.88. The third kappa shape index (κ3) is 5.74. The lowest BCUT2D eigenvalue weighted by atomic mass is 9.93. The fourth-order valence-corrected chi connectivity index (χ4v) is 3.54. The molecule has 27 heavy (non-hydrogen) atoms. The van der Waals surface area contributed by atoms with E-state index >= 15 is 0 Å². The summed E-state index contributed by atoms with van der Waals surface area (Å²) in [7, 11) is 0. The van der Waals surface area contributed by atoms with Gasteiger partial charge >= 0.3 is 17.9 Å². The first-order chi connectivity index (χ1) is 12.6. The van der Waals surface area contributed by atoms with Crippen LogP contribution in [0.5, 0.6) is 5.75 Å². The summed E-state index contributed by atoms with van der Waals surface area (Å²) in [6, 6.07) is 1.15. The fraction of sp³-hybridized carbons (Fsp3) is 0.500. The predicted molar refractivity (Wildman–Crippen MR) is 101 cm³/mol. The van der Waals surface area contributed by atoms with Crippen molar-refractivity contribution in [2.24, 2.45) is 17.8 Å². The van der Waals surface area contributed by atoms with E-state index in [1.165, 1.54) is 0 Å². The van der Waals surface area contributed by atoms with Gasteiger partial charge < -0.3 is 14.6 Å². The molecular weight excluding hydrogens is 419 g/mol. The Bertz CT molecular complexity index is 758. The van der Waals surface area contributed by atoms with Gasteiger partial charge in [-0.3, -0.25) is 0 Å². The minimum Gasteiger partial charge on any atom is -0.473 e. The fourth-order valence-electron chi connectivity index (χ4n) is 2.82. The Balaban J connectivity index is 2.25. The molecule has 1 aromatic carbocycles. The quantitative estimate of drug-likeness (QED) is 0.283. The molecule has 1 aliphatic carbocycles. The van der Waals surface area contributed by atoms with Crippen LogP contribution in [-0.4, -0.2) is 29.6 Å². The number of rotatable bonds is 7. The van der Waals surface area contributed by atoms with Crippen LogP contribution < -0.4 is 4.74 Å². The van der Waals surface area contributed by atoms with Gasteiger partial charge in [-0.25, -0.2) is 14.4 Å².